The molecule has 8 heteroatoms. The summed E-state index contributed by atoms with van der Waals surface area (Å²) in [5, 5.41) is 2.84. The van der Waals surface area contributed by atoms with Gasteiger partial charge in [0.15, 0.2) is 0 Å². The van der Waals surface area contributed by atoms with Crippen molar-refractivity contribution >= 4 is 11.7 Å². The van der Waals surface area contributed by atoms with Crippen LogP contribution in [0.1, 0.15) is 34.5 Å². The number of aromatic nitrogens is 3. The molecule has 0 bridgehead atoms. The number of rotatable bonds is 7. The average molecular weight is 447 g/mol. The van der Waals surface area contributed by atoms with Crippen molar-refractivity contribution in [3.8, 4) is 11.4 Å². The van der Waals surface area contributed by atoms with E-state index in [0.29, 0.717) is 11.5 Å². The maximum Gasteiger partial charge on any atom is 0.277 e. The maximum atomic E-state index is 12.7. The van der Waals surface area contributed by atoms with Gasteiger partial charge in [-0.15, -0.1) is 0 Å². The molecule has 2 aliphatic rings. The Kier molecular flexibility index (Phi) is 6.11. The lowest BCUT2D eigenvalue weighted by molar-refractivity contribution is 0.102. The summed E-state index contributed by atoms with van der Waals surface area (Å²) in [6.07, 6.45) is 7.90. The number of hydrogen-bond donors (Lipinski definition) is 1. The highest BCUT2D eigenvalue weighted by Crippen LogP contribution is 2.28. The van der Waals surface area contributed by atoms with Gasteiger partial charge in [0.2, 0.25) is 0 Å². The number of ether oxygens (including phenoxy) is 1. The molecule has 0 unspecified atom stereocenters. The topological polar surface area (TPSA) is 75.5 Å². The summed E-state index contributed by atoms with van der Waals surface area (Å²) in [5.74, 6) is 0.943. The highest BCUT2D eigenvalue weighted by Gasteiger charge is 2.31. The molecule has 1 amide bonds. The van der Waals surface area contributed by atoms with Crippen LogP contribution in [-0.2, 0) is 6.54 Å². The van der Waals surface area contributed by atoms with Crippen molar-refractivity contribution < 1.29 is 9.53 Å². The number of carbonyl (C=O) groups is 1. The molecule has 0 radical (unpaired) electrons. The standard InChI is InChI=1S/C25H30N6O2/c1-18-3-7-23(33-2)22(13-18)31-16-21(27-17-31)25(32)28-24-8-4-19(14-26-24)15-29-9-11-30(12-10-29)20-5-6-20/h3-4,7-8,13-14,16-17,20H,5-6,9-12,15H2,1-2H3,(H,26,28,32). The molecule has 0 atom stereocenters. The predicted molar refractivity (Wildman–Crippen MR) is 127 cm³/mol. The Labute approximate surface area is 194 Å². The van der Waals surface area contributed by atoms with Crippen molar-refractivity contribution in [1.29, 1.82) is 0 Å². The van der Waals surface area contributed by atoms with Crippen LogP contribution in [-0.4, -0.2) is 69.6 Å². The van der Waals surface area contributed by atoms with E-state index in [2.05, 4.69) is 25.1 Å². The fraction of sp³-hybridized carbons (Fsp3) is 0.400. The zero-order valence-electron chi connectivity index (χ0n) is 19.2. The molecule has 172 valence electrons. The second-order valence-electron chi connectivity index (χ2n) is 8.89. The third-order valence-electron chi connectivity index (χ3n) is 6.37. The van der Waals surface area contributed by atoms with E-state index >= 15 is 0 Å². The Hall–Kier alpha value is -3.23. The Morgan fingerprint density at radius 2 is 1.94 bits per heavy atom. The van der Waals surface area contributed by atoms with E-state index in [9.17, 15) is 4.79 Å². The number of amides is 1. The van der Waals surface area contributed by atoms with Crippen molar-refractivity contribution in [2.45, 2.75) is 32.4 Å². The lowest BCUT2D eigenvalue weighted by Crippen LogP contribution is -2.46. The number of pyridine rings is 1. The summed E-state index contributed by atoms with van der Waals surface area (Å²) in [6, 6.07) is 10.6. The summed E-state index contributed by atoms with van der Waals surface area (Å²) in [6.45, 7) is 7.42. The number of carbonyl (C=O) groups excluding carboxylic acids is 1. The molecule has 8 nitrogen and oxygen atoms in total. The number of piperazine rings is 1. The molecule has 2 aromatic heterocycles. The third kappa shape index (κ3) is 5.07. The lowest BCUT2D eigenvalue weighted by atomic mass is 10.2. The van der Waals surface area contributed by atoms with Gasteiger partial charge in [-0.25, -0.2) is 9.97 Å². The number of imidazole rings is 1. The van der Waals surface area contributed by atoms with Crippen molar-refractivity contribution in [3.05, 3.63) is 65.9 Å². The Morgan fingerprint density at radius 1 is 1.12 bits per heavy atom. The quantitative estimate of drug-likeness (QED) is 0.601. The minimum absolute atomic E-state index is 0.295. The molecule has 2 fully saturated rings. The van der Waals surface area contributed by atoms with E-state index < -0.39 is 0 Å². The number of anilines is 1. The summed E-state index contributed by atoms with van der Waals surface area (Å²) in [7, 11) is 1.63. The van der Waals surface area contributed by atoms with Gasteiger partial charge in [0.25, 0.3) is 5.91 Å². The van der Waals surface area contributed by atoms with Gasteiger partial charge < -0.3 is 14.6 Å². The van der Waals surface area contributed by atoms with Gasteiger partial charge in [-0.2, -0.15) is 0 Å². The summed E-state index contributed by atoms with van der Waals surface area (Å²) < 4.78 is 7.23. The van der Waals surface area contributed by atoms with E-state index in [1.165, 1.54) is 12.8 Å². The Balaban J connectivity index is 1.18. The normalized spacial score (nSPS) is 17.2. The van der Waals surface area contributed by atoms with Crippen LogP contribution in [0.25, 0.3) is 5.69 Å². The number of hydrogen-bond acceptors (Lipinski definition) is 6. The third-order valence-corrected chi connectivity index (χ3v) is 6.37. The van der Waals surface area contributed by atoms with Gasteiger partial charge in [0, 0.05) is 51.2 Å². The minimum atomic E-state index is -0.295. The predicted octanol–water partition coefficient (Wildman–Crippen LogP) is 3.12. The highest BCUT2D eigenvalue weighted by molar-refractivity contribution is 6.02. The molecule has 1 N–H and O–H groups in total. The van der Waals surface area contributed by atoms with E-state index in [1.807, 2.05) is 43.5 Å². The van der Waals surface area contributed by atoms with Crippen LogP contribution in [0.5, 0.6) is 5.75 Å². The molecular formula is C25H30N6O2. The molecule has 1 aromatic carbocycles. The lowest BCUT2D eigenvalue weighted by Gasteiger charge is -2.34. The van der Waals surface area contributed by atoms with E-state index in [4.69, 9.17) is 4.74 Å². The molecule has 3 heterocycles. The number of benzene rings is 1. The second-order valence-corrected chi connectivity index (χ2v) is 8.89. The van der Waals surface area contributed by atoms with Crippen molar-refractivity contribution in [2.75, 3.05) is 38.6 Å². The molecule has 1 saturated heterocycles. The smallest absolute Gasteiger partial charge is 0.277 e. The largest absolute Gasteiger partial charge is 0.495 e. The minimum Gasteiger partial charge on any atom is -0.495 e. The first-order valence-electron chi connectivity index (χ1n) is 11.5. The Bertz CT molecular complexity index is 1110. The van der Waals surface area contributed by atoms with Crippen molar-refractivity contribution in [1.82, 2.24) is 24.3 Å². The van der Waals surface area contributed by atoms with Crippen LogP contribution < -0.4 is 10.1 Å². The van der Waals surface area contributed by atoms with Gasteiger partial charge in [0.05, 0.1) is 12.8 Å². The fourth-order valence-electron chi connectivity index (χ4n) is 4.33. The number of aryl methyl sites for hydroxylation is 1. The first-order valence-corrected chi connectivity index (χ1v) is 11.5. The van der Waals surface area contributed by atoms with Crippen molar-refractivity contribution in [3.63, 3.8) is 0 Å². The number of nitrogens with zero attached hydrogens (tertiary/aromatic N) is 5. The zero-order valence-corrected chi connectivity index (χ0v) is 19.2. The monoisotopic (exact) mass is 446 g/mol. The molecule has 5 rings (SSSR count). The fourth-order valence-corrected chi connectivity index (χ4v) is 4.33. The molecule has 33 heavy (non-hydrogen) atoms. The molecule has 1 aliphatic heterocycles. The van der Waals surface area contributed by atoms with Crippen LogP contribution in [0.2, 0.25) is 0 Å². The summed E-state index contributed by atoms with van der Waals surface area (Å²) in [4.78, 5) is 26.5. The summed E-state index contributed by atoms with van der Waals surface area (Å²) >= 11 is 0. The van der Waals surface area contributed by atoms with Gasteiger partial charge >= 0.3 is 0 Å². The molecule has 1 aliphatic carbocycles. The van der Waals surface area contributed by atoms with E-state index in [-0.39, 0.29) is 5.91 Å². The van der Waals surface area contributed by atoms with Gasteiger partial charge in [0.1, 0.15) is 23.6 Å². The van der Waals surface area contributed by atoms with E-state index in [0.717, 1.165) is 61.3 Å². The van der Waals surface area contributed by atoms with Crippen LogP contribution in [0.15, 0.2) is 49.1 Å². The molecule has 3 aromatic rings. The van der Waals surface area contributed by atoms with Crippen LogP contribution in [0.4, 0.5) is 5.82 Å². The molecule has 1 saturated carbocycles. The first-order chi connectivity index (χ1) is 16.1. The average Bonchev–Trinajstić information content (AvgIpc) is 3.56. The van der Waals surface area contributed by atoms with Crippen LogP contribution >= 0.6 is 0 Å². The van der Waals surface area contributed by atoms with Crippen LogP contribution in [0, 0.1) is 6.92 Å². The molecular weight excluding hydrogens is 416 g/mol. The Morgan fingerprint density at radius 3 is 2.64 bits per heavy atom. The maximum absolute atomic E-state index is 12.7. The second kappa shape index (κ2) is 9.33. The van der Waals surface area contributed by atoms with Crippen LogP contribution in [0.3, 0.4) is 0 Å². The highest BCUT2D eigenvalue weighted by atomic mass is 16.5. The number of methoxy groups -OCH3 is 1. The molecule has 0 spiro atoms. The van der Waals surface area contributed by atoms with Gasteiger partial charge in [-0.3, -0.25) is 14.6 Å². The van der Waals surface area contributed by atoms with Crippen molar-refractivity contribution in [2.24, 2.45) is 0 Å². The zero-order chi connectivity index (χ0) is 22.8. The van der Waals surface area contributed by atoms with E-state index in [1.54, 1.807) is 24.2 Å². The van der Waals surface area contributed by atoms with Gasteiger partial charge in [-0.05, 0) is 49.1 Å². The SMILES string of the molecule is COc1ccc(C)cc1-n1cnc(C(=O)Nc2ccc(CN3CCN(C4CC4)CC3)cn2)c1. The first kappa shape index (κ1) is 21.6. The summed E-state index contributed by atoms with van der Waals surface area (Å²) in [5.41, 5.74) is 3.41. The number of nitrogens with one attached hydrogen (secondary N) is 1. The van der Waals surface area contributed by atoms with Gasteiger partial charge in [-0.1, -0.05) is 12.1 Å².